The molecule has 2 heterocycles. The first kappa shape index (κ1) is 14.0. The predicted octanol–water partition coefficient (Wildman–Crippen LogP) is 2.40. The largest absolute Gasteiger partial charge is 0.486 e. The van der Waals surface area contributed by atoms with Gasteiger partial charge in [-0.25, -0.2) is 4.39 Å². The van der Waals surface area contributed by atoms with E-state index in [1.807, 2.05) is 6.07 Å². The number of pyridine rings is 1. The van der Waals surface area contributed by atoms with Crippen molar-refractivity contribution in [2.75, 3.05) is 12.3 Å². The molecule has 2 N–H and O–H groups in total. The summed E-state index contributed by atoms with van der Waals surface area (Å²) in [4.78, 5) is 12.4. The van der Waals surface area contributed by atoms with Crippen molar-refractivity contribution in [3.63, 3.8) is 0 Å². The number of benzene rings is 1. The van der Waals surface area contributed by atoms with Crippen molar-refractivity contribution in [1.82, 2.24) is 4.57 Å². The van der Waals surface area contributed by atoms with Crippen molar-refractivity contribution in [2.45, 2.75) is 31.2 Å². The Hall–Kier alpha value is -2.62. The molecule has 0 unspecified atom stereocenters. The molecule has 1 spiro atoms. The topological polar surface area (TPSA) is 81.0 Å². The van der Waals surface area contributed by atoms with E-state index < -0.39 is 28.3 Å². The van der Waals surface area contributed by atoms with Gasteiger partial charge in [-0.2, -0.15) is 9.65 Å². The van der Waals surface area contributed by atoms with E-state index in [-0.39, 0.29) is 28.8 Å². The molecular weight excluding hydrogens is 304 g/mol. The van der Waals surface area contributed by atoms with Crippen LogP contribution in [0.3, 0.4) is 0 Å². The molecule has 2 aromatic rings. The third kappa shape index (κ3) is 1.61. The fourth-order valence-corrected chi connectivity index (χ4v) is 3.80. The van der Waals surface area contributed by atoms with Crippen LogP contribution in [0.1, 0.15) is 31.2 Å². The van der Waals surface area contributed by atoms with Crippen molar-refractivity contribution < 1.29 is 13.5 Å². The second-order valence-electron chi connectivity index (χ2n) is 6.17. The number of rotatable bonds is 0. The van der Waals surface area contributed by atoms with Crippen LogP contribution in [-0.2, 0) is 5.54 Å². The molecule has 7 heteroatoms. The lowest BCUT2D eigenvalue weighted by Crippen LogP contribution is -2.41. The molecular formula is C16H13F2N3O2. The summed E-state index contributed by atoms with van der Waals surface area (Å²) >= 11 is 0. The second kappa shape index (κ2) is 4.44. The smallest absolute Gasteiger partial charge is 0.209 e. The molecule has 23 heavy (non-hydrogen) atoms. The third-order valence-corrected chi connectivity index (χ3v) is 4.97. The summed E-state index contributed by atoms with van der Waals surface area (Å²) in [6.07, 6.45) is 4.93. The van der Waals surface area contributed by atoms with Gasteiger partial charge in [-0.15, -0.1) is 0 Å². The highest BCUT2D eigenvalue weighted by Crippen LogP contribution is 2.46. The van der Waals surface area contributed by atoms with Crippen molar-refractivity contribution in [2.24, 2.45) is 0 Å². The summed E-state index contributed by atoms with van der Waals surface area (Å²) in [5, 5.41) is 9.05. The van der Waals surface area contributed by atoms with Gasteiger partial charge in [-0.3, -0.25) is 4.79 Å². The number of nitriles is 1. The molecule has 1 aliphatic carbocycles. The summed E-state index contributed by atoms with van der Waals surface area (Å²) in [5.41, 5.74) is 3.96. The van der Waals surface area contributed by atoms with E-state index in [0.717, 1.165) is 25.7 Å². The summed E-state index contributed by atoms with van der Waals surface area (Å²) in [6.45, 7) is 0.184. The van der Waals surface area contributed by atoms with Crippen molar-refractivity contribution in [1.29, 1.82) is 5.26 Å². The molecule has 0 atom stereocenters. The summed E-state index contributed by atoms with van der Waals surface area (Å²) < 4.78 is 35.5. The average molecular weight is 317 g/mol. The minimum atomic E-state index is -1.31. The summed E-state index contributed by atoms with van der Waals surface area (Å²) in [7, 11) is 0. The number of nitrogens with zero attached hydrogens (tertiary/aromatic N) is 2. The van der Waals surface area contributed by atoms with E-state index in [2.05, 4.69) is 0 Å². The van der Waals surface area contributed by atoms with Gasteiger partial charge in [0.05, 0.1) is 16.6 Å². The quantitative estimate of drug-likeness (QED) is 0.757. The molecule has 0 amide bonds. The van der Waals surface area contributed by atoms with Crippen LogP contribution in [0.2, 0.25) is 0 Å². The van der Waals surface area contributed by atoms with Gasteiger partial charge in [0, 0.05) is 6.20 Å². The Morgan fingerprint density at radius 1 is 1.30 bits per heavy atom. The van der Waals surface area contributed by atoms with E-state index in [4.69, 9.17) is 10.5 Å². The van der Waals surface area contributed by atoms with Crippen molar-refractivity contribution in [3.05, 3.63) is 33.6 Å². The van der Waals surface area contributed by atoms with Gasteiger partial charge < -0.3 is 15.0 Å². The second-order valence-corrected chi connectivity index (χ2v) is 6.17. The van der Waals surface area contributed by atoms with E-state index in [0.29, 0.717) is 0 Å². The zero-order valence-corrected chi connectivity index (χ0v) is 12.2. The Morgan fingerprint density at radius 3 is 2.65 bits per heavy atom. The average Bonchev–Trinajstić information content (AvgIpc) is 3.01. The number of hydrogen-bond acceptors (Lipinski definition) is 4. The highest BCUT2D eigenvalue weighted by Gasteiger charge is 2.42. The van der Waals surface area contributed by atoms with Gasteiger partial charge in [-0.1, -0.05) is 12.8 Å². The van der Waals surface area contributed by atoms with E-state index >= 15 is 0 Å². The summed E-state index contributed by atoms with van der Waals surface area (Å²) in [5.74, 6) is -2.81. The maximum absolute atomic E-state index is 14.2. The third-order valence-electron chi connectivity index (χ3n) is 4.97. The van der Waals surface area contributed by atoms with Crippen LogP contribution in [0.25, 0.3) is 10.9 Å². The van der Waals surface area contributed by atoms with Crippen LogP contribution in [0, 0.1) is 23.0 Å². The molecule has 1 fully saturated rings. The molecule has 0 bridgehead atoms. The van der Waals surface area contributed by atoms with Gasteiger partial charge in [-0.05, 0) is 12.8 Å². The highest BCUT2D eigenvalue weighted by molar-refractivity contribution is 5.96. The van der Waals surface area contributed by atoms with Crippen LogP contribution < -0.4 is 15.9 Å². The molecule has 1 aliphatic heterocycles. The predicted molar refractivity (Wildman–Crippen MR) is 79.2 cm³/mol. The number of ether oxygens (including phenoxy) is 1. The molecule has 118 valence electrons. The Balaban J connectivity index is 2.26. The highest BCUT2D eigenvalue weighted by atomic mass is 19.2. The Morgan fingerprint density at radius 2 is 2.00 bits per heavy atom. The van der Waals surface area contributed by atoms with Gasteiger partial charge >= 0.3 is 0 Å². The van der Waals surface area contributed by atoms with Crippen LogP contribution >= 0.6 is 0 Å². The maximum atomic E-state index is 14.2. The van der Waals surface area contributed by atoms with Crippen LogP contribution in [0.5, 0.6) is 5.75 Å². The molecule has 4 rings (SSSR count). The fraction of sp³-hybridized carbons (Fsp3) is 0.375. The number of anilines is 1. The monoisotopic (exact) mass is 317 g/mol. The maximum Gasteiger partial charge on any atom is 0.209 e. The molecule has 5 nitrogen and oxygen atoms in total. The van der Waals surface area contributed by atoms with Crippen molar-refractivity contribution in [3.8, 4) is 11.8 Å². The number of hydrogen-bond donors (Lipinski definition) is 1. The first-order valence-corrected chi connectivity index (χ1v) is 7.39. The normalized spacial score (nSPS) is 18.1. The Bertz CT molecular complexity index is 953. The SMILES string of the molecule is N#Cc1cn2c3c(c(F)c(F)c(N)c3c1=O)OCC21CCCC1. The number of fused-ring (bicyclic) bond motifs is 1. The lowest BCUT2D eigenvalue weighted by Gasteiger charge is -2.38. The molecule has 1 saturated carbocycles. The summed E-state index contributed by atoms with van der Waals surface area (Å²) in [6, 6.07) is 1.83. The van der Waals surface area contributed by atoms with Crippen LogP contribution in [0.15, 0.2) is 11.0 Å². The van der Waals surface area contributed by atoms with Crippen LogP contribution in [0.4, 0.5) is 14.5 Å². The number of aromatic nitrogens is 1. The molecule has 1 aromatic carbocycles. The molecule has 1 aromatic heterocycles. The number of nitrogens with two attached hydrogens (primary N) is 1. The molecule has 0 saturated heterocycles. The van der Waals surface area contributed by atoms with E-state index in [1.165, 1.54) is 6.20 Å². The fourth-order valence-electron chi connectivity index (χ4n) is 3.80. The van der Waals surface area contributed by atoms with Gasteiger partial charge in [0.25, 0.3) is 0 Å². The minimum absolute atomic E-state index is 0.130. The van der Waals surface area contributed by atoms with Gasteiger partial charge in [0.15, 0.2) is 11.6 Å². The van der Waals surface area contributed by atoms with Gasteiger partial charge in [0.1, 0.15) is 23.8 Å². The zero-order chi connectivity index (χ0) is 16.4. The van der Waals surface area contributed by atoms with E-state index in [9.17, 15) is 18.8 Å². The minimum Gasteiger partial charge on any atom is -0.486 e. The lowest BCUT2D eigenvalue weighted by molar-refractivity contribution is 0.136. The molecule has 0 radical (unpaired) electrons. The first-order chi connectivity index (χ1) is 11.0. The van der Waals surface area contributed by atoms with Crippen LogP contribution in [-0.4, -0.2) is 11.2 Å². The van der Waals surface area contributed by atoms with Crippen molar-refractivity contribution >= 4 is 16.6 Å². The Kier molecular flexibility index (Phi) is 2.71. The van der Waals surface area contributed by atoms with E-state index in [1.54, 1.807) is 4.57 Å². The standard InChI is InChI=1S/C16H13F2N3O2/c17-10-11(18)15-13-9(12(10)20)14(22)8(5-19)6-21(13)16(7-23-15)3-1-2-4-16/h6H,1-4,7,20H2. The lowest BCUT2D eigenvalue weighted by atomic mass is 9.94. The first-order valence-electron chi connectivity index (χ1n) is 7.39. The van der Waals surface area contributed by atoms with Gasteiger partial charge in [0.2, 0.25) is 11.2 Å². The number of halogens is 2. The zero-order valence-electron chi connectivity index (χ0n) is 12.2. The number of nitrogen functional groups attached to an aromatic ring is 1. The molecule has 2 aliphatic rings. The Labute approximate surface area is 129 Å².